The van der Waals surface area contributed by atoms with Gasteiger partial charge < -0.3 is 15.6 Å². The van der Waals surface area contributed by atoms with E-state index in [1.165, 1.54) is 24.6 Å². The lowest BCUT2D eigenvalue weighted by Crippen LogP contribution is -2.29. The van der Waals surface area contributed by atoms with Crippen LogP contribution in [0.4, 0.5) is 20.3 Å². The average molecular weight is 514 g/mol. The monoisotopic (exact) mass is 513 g/mol. The molecule has 1 amide bonds. The van der Waals surface area contributed by atoms with Crippen molar-refractivity contribution in [2.75, 3.05) is 11.1 Å². The summed E-state index contributed by atoms with van der Waals surface area (Å²) in [7, 11) is 0. The Bertz CT molecular complexity index is 1650. The third-order valence-corrected chi connectivity index (χ3v) is 6.63. The number of nitrogens with zero attached hydrogens (tertiary/aromatic N) is 5. The quantitative estimate of drug-likeness (QED) is 0.327. The molecule has 1 saturated carbocycles. The molecule has 190 valence electrons. The van der Waals surface area contributed by atoms with Crippen LogP contribution in [-0.4, -0.2) is 30.8 Å². The van der Waals surface area contributed by atoms with Crippen LogP contribution in [0.15, 0.2) is 77.6 Å². The Labute approximate surface area is 215 Å². The fourth-order valence-corrected chi connectivity index (χ4v) is 4.44. The second-order valence-corrected chi connectivity index (χ2v) is 9.06. The van der Waals surface area contributed by atoms with E-state index in [1.807, 2.05) is 0 Å². The van der Waals surface area contributed by atoms with Crippen LogP contribution in [-0.2, 0) is 16.8 Å². The minimum atomic E-state index is -0.936. The average Bonchev–Trinajstić information content (AvgIpc) is 3.33. The van der Waals surface area contributed by atoms with Crippen molar-refractivity contribution in [2.24, 2.45) is 0 Å². The van der Waals surface area contributed by atoms with Gasteiger partial charge in [-0.05, 0) is 31.0 Å². The molecule has 0 aliphatic heterocycles. The molecule has 1 aliphatic carbocycles. The highest BCUT2D eigenvalue weighted by Gasteiger charge is 2.52. The lowest BCUT2D eigenvalue weighted by Gasteiger charge is -2.17. The molecule has 0 saturated heterocycles. The molecule has 0 unspecified atom stereocenters. The summed E-state index contributed by atoms with van der Waals surface area (Å²) in [6.07, 6.45) is 3.87. The van der Waals surface area contributed by atoms with Gasteiger partial charge in [0.15, 0.2) is 11.6 Å². The van der Waals surface area contributed by atoms with Gasteiger partial charge in [0.1, 0.15) is 35.0 Å². The smallest absolute Gasteiger partial charge is 0.235 e. The van der Waals surface area contributed by atoms with Gasteiger partial charge in [-0.15, -0.1) is 0 Å². The lowest BCUT2D eigenvalue weighted by atomic mass is 9.94. The van der Waals surface area contributed by atoms with Crippen LogP contribution >= 0.6 is 0 Å². The number of benzene rings is 2. The number of carbonyl (C=O) groups is 1. The van der Waals surface area contributed by atoms with Crippen LogP contribution < -0.4 is 11.1 Å². The first kappa shape index (κ1) is 23.5. The number of hydrogen-bond donors (Lipinski definition) is 2. The number of nitrogen functional groups attached to an aromatic ring is 1. The van der Waals surface area contributed by atoms with Crippen molar-refractivity contribution < 1.29 is 18.1 Å². The first-order valence-electron chi connectivity index (χ1n) is 11.9. The summed E-state index contributed by atoms with van der Waals surface area (Å²) >= 11 is 0. The van der Waals surface area contributed by atoms with Crippen molar-refractivity contribution in [1.82, 2.24) is 24.9 Å². The molecule has 3 aromatic heterocycles. The maximum atomic E-state index is 14.4. The molecule has 1 aliphatic rings. The molecule has 5 aromatic rings. The summed E-state index contributed by atoms with van der Waals surface area (Å²) in [6.45, 7) is 0.136. The standard InChI is InChI=1S/C27H21F2N7O2/c28-18-7-3-1-5-16(18)15-36-23(20-9-12-38-35-20)13-21(34-36)25-31-14-22(24(30)33-25)32-26(37)27(10-11-27)17-6-2-4-8-19(17)29/h1-9,12-14H,10-11,15H2,(H,32,37)(H2,30,31,33). The van der Waals surface area contributed by atoms with Crippen molar-refractivity contribution in [2.45, 2.75) is 24.8 Å². The van der Waals surface area contributed by atoms with Gasteiger partial charge in [0.2, 0.25) is 5.91 Å². The van der Waals surface area contributed by atoms with Gasteiger partial charge in [0, 0.05) is 17.2 Å². The first-order valence-corrected chi connectivity index (χ1v) is 11.9. The van der Waals surface area contributed by atoms with Crippen molar-refractivity contribution in [3.63, 3.8) is 0 Å². The van der Waals surface area contributed by atoms with E-state index in [9.17, 15) is 13.6 Å². The van der Waals surface area contributed by atoms with Gasteiger partial charge in [-0.3, -0.25) is 9.48 Å². The number of nitrogens with two attached hydrogens (primary N) is 1. The van der Waals surface area contributed by atoms with Crippen LogP contribution in [0.2, 0.25) is 0 Å². The van der Waals surface area contributed by atoms with E-state index in [-0.39, 0.29) is 35.6 Å². The number of hydrogen-bond acceptors (Lipinski definition) is 7. The van der Waals surface area contributed by atoms with E-state index in [2.05, 4.69) is 25.5 Å². The number of amides is 1. The number of anilines is 2. The maximum Gasteiger partial charge on any atom is 0.235 e. The molecule has 38 heavy (non-hydrogen) atoms. The van der Waals surface area contributed by atoms with Crippen molar-refractivity contribution in [1.29, 1.82) is 0 Å². The van der Waals surface area contributed by atoms with E-state index in [0.717, 1.165) is 0 Å². The third kappa shape index (κ3) is 4.17. The normalized spacial score (nSPS) is 13.8. The summed E-state index contributed by atoms with van der Waals surface area (Å²) in [5.74, 6) is -0.922. The van der Waals surface area contributed by atoms with Gasteiger partial charge in [-0.1, -0.05) is 41.6 Å². The Morgan fingerprint density at radius 3 is 2.50 bits per heavy atom. The number of aromatic nitrogens is 5. The molecule has 3 N–H and O–H groups in total. The lowest BCUT2D eigenvalue weighted by molar-refractivity contribution is -0.118. The molecular formula is C27H21F2N7O2. The summed E-state index contributed by atoms with van der Waals surface area (Å²) in [5.41, 5.74) is 7.68. The molecule has 0 bridgehead atoms. The molecule has 1 fully saturated rings. The topological polar surface area (TPSA) is 125 Å². The third-order valence-electron chi connectivity index (χ3n) is 6.63. The van der Waals surface area contributed by atoms with E-state index in [4.69, 9.17) is 10.3 Å². The Morgan fingerprint density at radius 1 is 1.05 bits per heavy atom. The predicted molar refractivity (Wildman–Crippen MR) is 135 cm³/mol. The second kappa shape index (κ2) is 9.18. The summed E-state index contributed by atoms with van der Waals surface area (Å²) < 4.78 is 35.3. The van der Waals surface area contributed by atoms with Gasteiger partial charge >= 0.3 is 0 Å². The van der Waals surface area contributed by atoms with Gasteiger partial charge in [0.25, 0.3) is 0 Å². The Kier molecular flexibility index (Phi) is 5.67. The summed E-state index contributed by atoms with van der Waals surface area (Å²) in [6, 6.07) is 16.0. The maximum absolute atomic E-state index is 14.4. The number of carbonyl (C=O) groups excluding carboxylic acids is 1. The molecule has 3 heterocycles. The zero-order valence-corrected chi connectivity index (χ0v) is 19.9. The Balaban J connectivity index is 1.28. The Hall–Kier alpha value is -4.93. The molecule has 0 atom stereocenters. The first-order chi connectivity index (χ1) is 18.4. The minimum absolute atomic E-state index is 0.0272. The van der Waals surface area contributed by atoms with Crippen molar-refractivity contribution in [3.8, 4) is 22.9 Å². The van der Waals surface area contributed by atoms with Gasteiger partial charge in [0.05, 0.1) is 23.9 Å². The highest BCUT2D eigenvalue weighted by atomic mass is 19.1. The molecular weight excluding hydrogens is 492 g/mol. The van der Waals surface area contributed by atoms with E-state index < -0.39 is 11.2 Å². The number of halogens is 2. The predicted octanol–water partition coefficient (Wildman–Crippen LogP) is 4.57. The fraction of sp³-hybridized carbons (Fsp3) is 0.148. The van der Waals surface area contributed by atoms with Crippen LogP contribution in [0.1, 0.15) is 24.0 Å². The molecule has 0 spiro atoms. The van der Waals surface area contributed by atoms with Crippen LogP contribution in [0.3, 0.4) is 0 Å². The highest BCUT2D eigenvalue weighted by Crippen LogP contribution is 2.50. The van der Waals surface area contributed by atoms with E-state index >= 15 is 0 Å². The van der Waals surface area contributed by atoms with Crippen LogP contribution in [0.5, 0.6) is 0 Å². The molecule has 9 nitrogen and oxygen atoms in total. The van der Waals surface area contributed by atoms with E-state index in [1.54, 1.807) is 53.2 Å². The van der Waals surface area contributed by atoms with Crippen LogP contribution in [0, 0.1) is 11.6 Å². The van der Waals surface area contributed by atoms with Crippen molar-refractivity contribution >= 4 is 17.4 Å². The van der Waals surface area contributed by atoms with E-state index in [0.29, 0.717) is 41.1 Å². The second-order valence-electron chi connectivity index (χ2n) is 9.06. The van der Waals surface area contributed by atoms with Crippen LogP contribution in [0.25, 0.3) is 22.9 Å². The fourth-order valence-electron chi connectivity index (χ4n) is 4.44. The Morgan fingerprint density at radius 2 is 1.82 bits per heavy atom. The molecule has 2 aromatic carbocycles. The zero-order chi connectivity index (χ0) is 26.3. The number of rotatable bonds is 7. The number of nitrogens with one attached hydrogen (secondary N) is 1. The van der Waals surface area contributed by atoms with Gasteiger partial charge in [-0.2, -0.15) is 5.10 Å². The SMILES string of the molecule is Nc1nc(-c2cc(-c3ccon3)n(Cc3ccccc3F)n2)ncc1NC(=O)C1(c2ccccc2F)CC1. The zero-order valence-electron chi connectivity index (χ0n) is 19.9. The minimum Gasteiger partial charge on any atom is -0.382 e. The summed E-state index contributed by atoms with van der Waals surface area (Å²) in [5, 5.41) is 11.3. The highest BCUT2D eigenvalue weighted by molar-refractivity contribution is 6.02. The van der Waals surface area contributed by atoms with Crippen molar-refractivity contribution in [3.05, 3.63) is 95.9 Å². The van der Waals surface area contributed by atoms with Gasteiger partial charge in [-0.25, -0.2) is 18.7 Å². The summed E-state index contributed by atoms with van der Waals surface area (Å²) in [4.78, 5) is 21.8. The largest absolute Gasteiger partial charge is 0.382 e. The molecule has 11 heteroatoms. The molecule has 6 rings (SSSR count). The molecule has 0 radical (unpaired) electrons.